The van der Waals surface area contributed by atoms with E-state index in [0.717, 1.165) is 10.9 Å². The van der Waals surface area contributed by atoms with Crippen molar-refractivity contribution in [3.8, 4) is 5.88 Å². The average molecular weight is 341 g/mol. The third kappa shape index (κ3) is 3.80. The summed E-state index contributed by atoms with van der Waals surface area (Å²) in [5.41, 5.74) is 2.26. The van der Waals surface area contributed by atoms with E-state index in [1.54, 1.807) is 19.2 Å². The predicted octanol–water partition coefficient (Wildman–Crippen LogP) is 4.21. The predicted molar refractivity (Wildman–Crippen MR) is 98.6 cm³/mol. The Morgan fingerprint density at radius 2 is 2.12 bits per heavy atom. The molecule has 1 aromatic heterocycles. The van der Waals surface area contributed by atoms with Crippen LogP contribution >= 0.6 is 0 Å². The molecule has 6 heteroatoms. The maximum atomic E-state index is 14.2. The number of aliphatic imine (C=N–C) groups is 1. The van der Waals surface area contributed by atoms with Crippen molar-refractivity contribution in [3.63, 3.8) is 0 Å². The number of H-pyrrole nitrogens is 1. The van der Waals surface area contributed by atoms with E-state index in [2.05, 4.69) is 15.3 Å². The summed E-state index contributed by atoms with van der Waals surface area (Å²) in [7, 11) is 1.60. The second-order valence-corrected chi connectivity index (χ2v) is 5.86. The molecule has 1 heterocycles. The van der Waals surface area contributed by atoms with Gasteiger partial charge in [0.1, 0.15) is 5.82 Å². The molecule has 3 N–H and O–H groups in total. The molecular weight excluding hydrogens is 321 g/mol. The topological polar surface area (TPSA) is 69.6 Å². The zero-order valence-corrected chi connectivity index (χ0v) is 14.1. The van der Waals surface area contributed by atoms with Crippen molar-refractivity contribution in [2.24, 2.45) is 4.99 Å². The van der Waals surface area contributed by atoms with Crippen LogP contribution in [0.2, 0.25) is 0 Å². The summed E-state index contributed by atoms with van der Waals surface area (Å²) in [5.74, 6) is -0.349. The van der Waals surface area contributed by atoms with E-state index in [0.29, 0.717) is 23.5 Å². The molecule has 0 amide bonds. The Hall–Kier alpha value is -2.86. The van der Waals surface area contributed by atoms with Gasteiger partial charge in [-0.1, -0.05) is 18.2 Å². The molecule has 0 fully saturated rings. The molecule has 0 bridgehead atoms. The van der Waals surface area contributed by atoms with Crippen molar-refractivity contribution in [1.82, 2.24) is 4.98 Å². The van der Waals surface area contributed by atoms with Gasteiger partial charge in [-0.05, 0) is 25.1 Å². The van der Waals surface area contributed by atoms with E-state index in [4.69, 9.17) is 4.74 Å². The maximum Gasteiger partial charge on any atom is 0.198 e. The lowest BCUT2D eigenvalue weighted by Gasteiger charge is -2.14. The molecule has 1 atom stereocenters. The van der Waals surface area contributed by atoms with Crippen LogP contribution < -0.4 is 5.32 Å². The number of anilines is 1. The van der Waals surface area contributed by atoms with Gasteiger partial charge in [0.25, 0.3) is 0 Å². The highest BCUT2D eigenvalue weighted by Gasteiger charge is 2.09. The average Bonchev–Trinajstić information content (AvgIpc) is 2.91. The van der Waals surface area contributed by atoms with Gasteiger partial charge in [-0.25, -0.2) is 4.39 Å². The maximum absolute atomic E-state index is 14.2. The quantitative estimate of drug-likeness (QED) is 0.588. The zero-order chi connectivity index (χ0) is 17.8. The molecule has 0 radical (unpaired) electrons. The molecule has 5 nitrogen and oxygen atoms in total. The van der Waals surface area contributed by atoms with Crippen LogP contribution in [0.5, 0.6) is 5.88 Å². The SMILES string of the molecule is COCC(C)Nc1ccc(N=Cc2c(O)[nH]c3ccccc23)cc1F. The molecule has 0 spiro atoms. The van der Waals surface area contributed by atoms with Crippen molar-refractivity contribution < 1.29 is 14.2 Å². The van der Waals surface area contributed by atoms with Gasteiger partial charge in [-0.3, -0.25) is 4.99 Å². The van der Waals surface area contributed by atoms with E-state index < -0.39 is 0 Å². The fourth-order valence-electron chi connectivity index (χ4n) is 2.68. The number of aromatic hydroxyl groups is 1. The number of nitrogens with zero attached hydrogens (tertiary/aromatic N) is 1. The van der Waals surface area contributed by atoms with Crippen LogP contribution in [0.1, 0.15) is 12.5 Å². The normalized spacial score (nSPS) is 12.8. The second kappa shape index (κ2) is 7.36. The molecule has 0 aliphatic carbocycles. The number of aromatic nitrogens is 1. The number of ether oxygens (including phenoxy) is 1. The highest BCUT2D eigenvalue weighted by molar-refractivity contribution is 6.02. The van der Waals surface area contributed by atoms with Crippen LogP contribution in [-0.4, -0.2) is 36.1 Å². The first-order valence-corrected chi connectivity index (χ1v) is 7.97. The van der Waals surface area contributed by atoms with Crippen LogP contribution in [0, 0.1) is 5.82 Å². The van der Waals surface area contributed by atoms with Gasteiger partial charge < -0.3 is 20.1 Å². The number of fused-ring (bicyclic) bond motifs is 1. The lowest BCUT2D eigenvalue weighted by Crippen LogP contribution is -2.21. The number of nitrogens with one attached hydrogen (secondary N) is 2. The number of hydrogen-bond acceptors (Lipinski definition) is 4. The first-order chi connectivity index (χ1) is 12.1. The van der Waals surface area contributed by atoms with Crippen molar-refractivity contribution in [2.75, 3.05) is 19.0 Å². The lowest BCUT2D eigenvalue weighted by molar-refractivity contribution is 0.190. The molecule has 3 aromatic rings. The van der Waals surface area contributed by atoms with E-state index in [1.807, 2.05) is 31.2 Å². The molecule has 2 aromatic carbocycles. The zero-order valence-electron chi connectivity index (χ0n) is 14.1. The van der Waals surface area contributed by atoms with Crippen molar-refractivity contribution in [3.05, 3.63) is 53.8 Å². The molecule has 0 aliphatic heterocycles. The van der Waals surface area contributed by atoms with Crippen LogP contribution in [-0.2, 0) is 4.74 Å². The minimum Gasteiger partial charge on any atom is -0.494 e. The summed E-state index contributed by atoms with van der Waals surface area (Å²) in [6.07, 6.45) is 1.53. The van der Waals surface area contributed by atoms with E-state index >= 15 is 0 Å². The van der Waals surface area contributed by atoms with Gasteiger partial charge in [0.05, 0.1) is 23.5 Å². The van der Waals surface area contributed by atoms with Gasteiger partial charge >= 0.3 is 0 Å². The summed E-state index contributed by atoms with van der Waals surface area (Å²) in [6, 6.07) is 12.2. The van der Waals surface area contributed by atoms with Crippen LogP contribution in [0.4, 0.5) is 15.8 Å². The summed E-state index contributed by atoms with van der Waals surface area (Å²) >= 11 is 0. The molecule has 1 unspecified atom stereocenters. The summed E-state index contributed by atoms with van der Waals surface area (Å²) in [6.45, 7) is 2.40. The molecule has 0 aliphatic rings. The smallest absolute Gasteiger partial charge is 0.198 e. The van der Waals surface area contributed by atoms with Gasteiger partial charge in [0.2, 0.25) is 0 Å². The summed E-state index contributed by atoms with van der Waals surface area (Å²) in [4.78, 5) is 7.17. The number of rotatable bonds is 6. The lowest BCUT2D eigenvalue weighted by atomic mass is 10.2. The van der Waals surface area contributed by atoms with Crippen LogP contribution in [0.25, 0.3) is 10.9 Å². The Morgan fingerprint density at radius 3 is 2.88 bits per heavy atom. The Balaban J connectivity index is 1.82. The Morgan fingerprint density at radius 1 is 1.32 bits per heavy atom. The molecular formula is C19H20FN3O2. The van der Waals surface area contributed by atoms with E-state index in [9.17, 15) is 9.50 Å². The minimum atomic E-state index is -0.388. The monoisotopic (exact) mass is 341 g/mol. The highest BCUT2D eigenvalue weighted by Crippen LogP contribution is 2.27. The van der Waals surface area contributed by atoms with Crippen LogP contribution in [0.3, 0.4) is 0 Å². The molecule has 0 saturated heterocycles. The van der Waals surface area contributed by atoms with E-state index in [-0.39, 0.29) is 17.7 Å². The fourth-order valence-corrected chi connectivity index (χ4v) is 2.68. The number of halogens is 1. The van der Waals surface area contributed by atoms with Gasteiger partial charge in [-0.15, -0.1) is 0 Å². The number of hydrogen-bond donors (Lipinski definition) is 3. The highest BCUT2D eigenvalue weighted by atomic mass is 19.1. The van der Waals surface area contributed by atoms with Crippen LogP contribution in [0.15, 0.2) is 47.5 Å². The van der Waals surface area contributed by atoms with Crippen molar-refractivity contribution in [2.45, 2.75) is 13.0 Å². The van der Waals surface area contributed by atoms with Gasteiger partial charge in [0, 0.05) is 36.3 Å². The standard InChI is InChI=1S/C19H20FN3O2/c1-12(11-25-2)22-18-8-7-13(9-16(18)20)21-10-15-14-5-3-4-6-17(14)23-19(15)24/h3-10,12,22-24H,11H2,1-2H3. The number of aromatic amines is 1. The molecule has 130 valence electrons. The van der Waals surface area contributed by atoms with Crippen molar-refractivity contribution in [1.29, 1.82) is 0 Å². The molecule has 0 saturated carbocycles. The van der Waals surface area contributed by atoms with Gasteiger partial charge in [-0.2, -0.15) is 0 Å². The van der Waals surface area contributed by atoms with Gasteiger partial charge in [0.15, 0.2) is 5.88 Å². The Kier molecular flexibility index (Phi) is 5.00. The largest absolute Gasteiger partial charge is 0.494 e. The Labute approximate surface area is 145 Å². The third-order valence-electron chi connectivity index (χ3n) is 3.84. The molecule has 3 rings (SSSR count). The summed E-state index contributed by atoms with van der Waals surface area (Å²) < 4.78 is 19.2. The first kappa shape index (κ1) is 17.0. The second-order valence-electron chi connectivity index (χ2n) is 5.86. The number of benzene rings is 2. The number of para-hydroxylation sites is 1. The summed E-state index contributed by atoms with van der Waals surface area (Å²) in [5, 5.41) is 13.9. The first-order valence-electron chi connectivity index (χ1n) is 7.97. The number of methoxy groups -OCH3 is 1. The minimum absolute atomic E-state index is 0.00276. The fraction of sp³-hybridized carbons (Fsp3) is 0.211. The molecule has 25 heavy (non-hydrogen) atoms. The Bertz CT molecular complexity index is 905. The van der Waals surface area contributed by atoms with Crippen molar-refractivity contribution >= 4 is 28.5 Å². The van der Waals surface area contributed by atoms with E-state index in [1.165, 1.54) is 12.3 Å². The third-order valence-corrected chi connectivity index (χ3v) is 3.84.